The molecule has 1 aliphatic rings. The molecule has 0 heterocycles. The van der Waals surface area contributed by atoms with Crippen LogP contribution in [0.4, 0.5) is 5.69 Å². The van der Waals surface area contributed by atoms with E-state index in [4.69, 9.17) is 4.74 Å². The van der Waals surface area contributed by atoms with Crippen molar-refractivity contribution in [2.24, 2.45) is 0 Å². The molecule has 0 bridgehead atoms. The van der Waals surface area contributed by atoms with Crippen LogP contribution in [0.2, 0.25) is 0 Å². The van der Waals surface area contributed by atoms with Crippen molar-refractivity contribution in [1.29, 1.82) is 0 Å². The van der Waals surface area contributed by atoms with Gasteiger partial charge in [-0.3, -0.25) is 10.1 Å². The third-order valence-electron chi connectivity index (χ3n) is 2.84. The summed E-state index contributed by atoms with van der Waals surface area (Å²) in [5.41, 5.74) is -0.0324. The fourth-order valence-corrected chi connectivity index (χ4v) is 2.44. The van der Waals surface area contributed by atoms with E-state index >= 15 is 0 Å². The number of halogens is 1. The van der Waals surface area contributed by atoms with Crippen LogP contribution in [0.15, 0.2) is 22.7 Å². The number of rotatable bonds is 3. The largest absolute Gasteiger partial charge is 0.486 e. The first kappa shape index (κ1) is 12.3. The summed E-state index contributed by atoms with van der Waals surface area (Å²) in [5, 5.41) is 20.4. The molecule has 0 saturated heterocycles. The van der Waals surface area contributed by atoms with Crippen LogP contribution in [0.25, 0.3) is 0 Å². The van der Waals surface area contributed by atoms with Gasteiger partial charge in [-0.1, -0.05) is 6.07 Å². The third kappa shape index (κ3) is 2.58. The molecule has 1 aliphatic carbocycles. The third-order valence-corrected chi connectivity index (χ3v) is 3.63. The zero-order valence-corrected chi connectivity index (χ0v) is 10.6. The predicted molar refractivity (Wildman–Crippen MR) is 65.1 cm³/mol. The number of aliphatic hydroxyl groups is 1. The zero-order valence-electron chi connectivity index (χ0n) is 9.01. The Morgan fingerprint density at radius 1 is 1.47 bits per heavy atom. The van der Waals surface area contributed by atoms with Crippen molar-refractivity contribution in [2.75, 3.05) is 0 Å². The van der Waals surface area contributed by atoms with Gasteiger partial charge in [0.2, 0.25) is 0 Å². The topological polar surface area (TPSA) is 72.6 Å². The Balaban J connectivity index is 2.21. The quantitative estimate of drug-likeness (QED) is 0.688. The number of nitrogens with zero attached hydrogens (tertiary/aromatic N) is 1. The van der Waals surface area contributed by atoms with E-state index in [9.17, 15) is 15.2 Å². The van der Waals surface area contributed by atoms with E-state index in [0.717, 1.165) is 19.3 Å². The minimum Gasteiger partial charge on any atom is -0.486 e. The van der Waals surface area contributed by atoms with Crippen molar-refractivity contribution >= 4 is 21.6 Å². The Bertz CT molecular complexity index is 437. The van der Waals surface area contributed by atoms with Gasteiger partial charge in [0.05, 0.1) is 11.0 Å². The number of benzene rings is 1. The van der Waals surface area contributed by atoms with Crippen molar-refractivity contribution in [1.82, 2.24) is 0 Å². The van der Waals surface area contributed by atoms with Gasteiger partial charge in [-0.05, 0) is 41.3 Å². The van der Waals surface area contributed by atoms with Crippen LogP contribution in [0.1, 0.15) is 19.3 Å². The predicted octanol–water partition coefficient (Wildman–Crippen LogP) is 2.65. The second-order valence-electron chi connectivity index (χ2n) is 4.00. The average Bonchev–Trinajstić information content (AvgIpc) is 2.67. The van der Waals surface area contributed by atoms with E-state index in [1.54, 1.807) is 12.1 Å². The number of nitro groups is 1. The molecule has 5 nitrogen and oxygen atoms in total. The van der Waals surface area contributed by atoms with Gasteiger partial charge in [0.25, 0.3) is 5.69 Å². The molecule has 1 N–H and O–H groups in total. The molecule has 0 spiro atoms. The van der Waals surface area contributed by atoms with Gasteiger partial charge < -0.3 is 9.84 Å². The van der Waals surface area contributed by atoms with Crippen molar-refractivity contribution in [3.05, 3.63) is 32.8 Å². The number of nitro benzene ring substituents is 1. The summed E-state index contributed by atoms with van der Waals surface area (Å²) in [6.45, 7) is 0. The molecule has 1 saturated carbocycles. The molecule has 0 amide bonds. The molecule has 6 heteroatoms. The monoisotopic (exact) mass is 301 g/mol. The molecule has 0 radical (unpaired) electrons. The second-order valence-corrected chi connectivity index (χ2v) is 4.79. The fourth-order valence-electron chi connectivity index (χ4n) is 1.94. The van der Waals surface area contributed by atoms with Crippen LogP contribution in [0.5, 0.6) is 5.75 Å². The van der Waals surface area contributed by atoms with Gasteiger partial charge in [0.15, 0.2) is 0 Å². The summed E-state index contributed by atoms with van der Waals surface area (Å²) in [5.74, 6) is 0.408. The van der Waals surface area contributed by atoms with Crippen LogP contribution in [0, 0.1) is 10.1 Å². The number of hydrogen-bond donors (Lipinski definition) is 1. The molecule has 1 fully saturated rings. The van der Waals surface area contributed by atoms with Gasteiger partial charge in [0, 0.05) is 6.07 Å². The number of ether oxygens (including phenoxy) is 1. The minimum atomic E-state index is -0.485. The van der Waals surface area contributed by atoms with Crippen LogP contribution in [0.3, 0.4) is 0 Å². The van der Waals surface area contributed by atoms with Crippen molar-refractivity contribution in [3.63, 3.8) is 0 Å². The standard InChI is InChI=1S/C11H12BrNO4/c12-11-7(13(15)16)3-1-6-10(11)17-9-5-2-4-8(9)14/h1,3,6,8-9,14H,2,4-5H2/t8-,9-/m0/s1. The Labute approximate surface area is 107 Å². The summed E-state index contributed by atoms with van der Waals surface area (Å²) < 4.78 is 5.93. The number of aliphatic hydroxyl groups excluding tert-OH is 1. The van der Waals surface area contributed by atoms with Crippen LogP contribution < -0.4 is 4.74 Å². The molecule has 2 atom stereocenters. The Hall–Kier alpha value is -1.14. The summed E-state index contributed by atoms with van der Waals surface area (Å²) in [7, 11) is 0. The molecule has 0 aliphatic heterocycles. The second kappa shape index (κ2) is 5.01. The Morgan fingerprint density at radius 2 is 2.24 bits per heavy atom. The van der Waals surface area contributed by atoms with Gasteiger partial charge in [0.1, 0.15) is 16.3 Å². The Kier molecular flexibility index (Phi) is 3.63. The summed E-state index contributed by atoms with van der Waals surface area (Å²) in [4.78, 5) is 10.3. The highest BCUT2D eigenvalue weighted by Crippen LogP contribution is 2.36. The molecule has 1 aromatic carbocycles. The van der Waals surface area contributed by atoms with E-state index in [2.05, 4.69) is 15.9 Å². The van der Waals surface area contributed by atoms with Crippen LogP contribution >= 0.6 is 15.9 Å². The minimum absolute atomic E-state index is 0.0324. The SMILES string of the molecule is O=[N+]([O-])c1cccc(O[C@H]2CCC[C@@H]2O)c1Br. The van der Waals surface area contributed by atoms with Crippen LogP contribution in [-0.4, -0.2) is 22.2 Å². The van der Waals surface area contributed by atoms with E-state index in [-0.39, 0.29) is 11.8 Å². The maximum atomic E-state index is 10.7. The molecule has 1 aromatic rings. The molecule has 2 rings (SSSR count). The highest BCUT2D eigenvalue weighted by molar-refractivity contribution is 9.10. The molecule has 0 aromatic heterocycles. The lowest BCUT2D eigenvalue weighted by Gasteiger charge is -2.17. The summed E-state index contributed by atoms with van der Waals surface area (Å²) >= 11 is 3.16. The van der Waals surface area contributed by atoms with Crippen molar-refractivity contribution < 1.29 is 14.8 Å². The van der Waals surface area contributed by atoms with Gasteiger partial charge in [-0.25, -0.2) is 0 Å². The molecule has 0 unspecified atom stereocenters. The normalized spacial score (nSPS) is 23.6. The number of hydrogen-bond acceptors (Lipinski definition) is 4. The van der Waals surface area contributed by atoms with Gasteiger partial charge in [-0.2, -0.15) is 0 Å². The highest BCUT2D eigenvalue weighted by Gasteiger charge is 2.28. The van der Waals surface area contributed by atoms with E-state index in [1.165, 1.54) is 6.07 Å². The van der Waals surface area contributed by atoms with Crippen molar-refractivity contribution in [3.8, 4) is 5.75 Å². The molecular formula is C11H12BrNO4. The molecule has 92 valence electrons. The maximum absolute atomic E-state index is 10.7. The lowest BCUT2D eigenvalue weighted by molar-refractivity contribution is -0.385. The lowest BCUT2D eigenvalue weighted by atomic mass is 10.2. The molecular weight excluding hydrogens is 290 g/mol. The van der Waals surface area contributed by atoms with Crippen molar-refractivity contribution in [2.45, 2.75) is 31.5 Å². The summed E-state index contributed by atoms with van der Waals surface area (Å²) in [6.07, 6.45) is 1.65. The van der Waals surface area contributed by atoms with E-state index in [0.29, 0.717) is 10.2 Å². The maximum Gasteiger partial charge on any atom is 0.287 e. The lowest BCUT2D eigenvalue weighted by Crippen LogP contribution is -2.25. The van der Waals surface area contributed by atoms with Gasteiger partial charge >= 0.3 is 0 Å². The molecule has 17 heavy (non-hydrogen) atoms. The van der Waals surface area contributed by atoms with E-state index < -0.39 is 11.0 Å². The average molecular weight is 302 g/mol. The first-order valence-electron chi connectivity index (χ1n) is 5.37. The fraction of sp³-hybridized carbons (Fsp3) is 0.455. The van der Waals surface area contributed by atoms with Gasteiger partial charge in [-0.15, -0.1) is 0 Å². The highest BCUT2D eigenvalue weighted by atomic mass is 79.9. The smallest absolute Gasteiger partial charge is 0.287 e. The first-order chi connectivity index (χ1) is 8.09. The van der Waals surface area contributed by atoms with Crippen LogP contribution in [-0.2, 0) is 0 Å². The zero-order chi connectivity index (χ0) is 12.4. The first-order valence-corrected chi connectivity index (χ1v) is 6.16. The van der Waals surface area contributed by atoms with E-state index in [1.807, 2.05) is 0 Å². The summed E-state index contributed by atoms with van der Waals surface area (Å²) in [6, 6.07) is 4.63. The Morgan fingerprint density at radius 3 is 2.82 bits per heavy atom.